The molecule has 3 rings (SSSR count). The summed E-state index contributed by atoms with van der Waals surface area (Å²) in [5.41, 5.74) is 8.42. The number of hydrogen-bond donors (Lipinski definition) is 2. The number of piperidine rings is 1. The number of nitrogens with one attached hydrogen (secondary N) is 1. The van der Waals surface area contributed by atoms with E-state index >= 15 is 0 Å². The molecule has 2 aromatic rings. The minimum absolute atomic E-state index is 0. The number of carbonyl (C=O) groups is 2. The maximum Gasteiger partial charge on any atom is 0.305 e. The van der Waals surface area contributed by atoms with Crippen molar-refractivity contribution >= 4 is 35.8 Å². The fourth-order valence-electron chi connectivity index (χ4n) is 4.08. The second kappa shape index (κ2) is 12.8. The molecule has 0 spiro atoms. The molecule has 3 N–H and O–H groups in total. The standard InChI is InChI=1S/C25H32N4O3.ClH/c1-32-23(30)8-5-15-29(18-19-6-3-2-4-7-19)25(31)21-13-16-28(17-14-21)22-11-9-20(10-12-22)24(26)27;/h2-4,6-7,9-12,21H,5,8,13-18H2,1H3,(H3,26,27);1H. The third-order valence-corrected chi connectivity index (χ3v) is 5.95. The highest BCUT2D eigenvalue weighted by Gasteiger charge is 2.29. The van der Waals surface area contributed by atoms with Gasteiger partial charge in [-0.3, -0.25) is 15.0 Å². The van der Waals surface area contributed by atoms with Crippen LogP contribution < -0.4 is 10.6 Å². The molecule has 0 bridgehead atoms. The number of amides is 1. The predicted octanol–water partition coefficient (Wildman–Crippen LogP) is 3.59. The number of methoxy groups -OCH3 is 1. The number of rotatable bonds is 9. The number of hydrogen-bond acceptors (Lipinski definition) is 5. The fourth-order valence-corrected chi connectivity index (χ4v) is 4.08. The van der Waals surface area contributed by atoms with Gasteiger partial charge in [0.05, 0.1) is 7.11 Å². The van der Waals surface area contributed by atoms with Crippen LogP contribution in [0.2, 0.25) is 0 Å². The van der Waals surface area contributed by atoms with Crippen molar-refractivity contribution < 1.29 is 14.3 Å². The van der Waals surface area contributed by atoms with E-state index in [1.165, 1.54) is 7.11 Å². The van der Waals surface area contributed by atoms with E-state index in [9.17, 15) is 9.59 Å². The predicted molar refractivity (Wildman–Crippen MR) is 133 cm³/mol. The number of nitrogens with two attached hydrogens (primary N) is 1. The first-order chi connectivity index (χ1) is 15.5. The first kappa shape index (κ1) is 26.2. The summed E-state index contributed by atoms with van der Waals surface area (Å²) in [7, 11) is 1.39. The molecule has 8 heteroatoms. The lowest BCUT2D eigenvalue weighted by atomic mass is 9.94. The molecule has 1 amide bonds. The SMILES string of the molecule is COC(=O)CCCN(Cc1ccccc1)C(=O)C1CCN(c2ccc(C(=N)N)cc2)CC1.Cl. The summed E-state index contributed by atoms with van der Waals surface area (Å²) in [6, 6.07) is 17.6. The molecule has 33 heavy (non-hydrogen) atoms. The van der Waals surface area contributed by atoms with Crippen LogP contribution >= 0.6 is 12.4 Å². The molecule has 1 aliphatic heterocycles. The Morgan fingerprint density at radius 2 is 1.73 bits per heavy atom. The third-order valence-electron chi connectivity index (χ3n) is 5.95. The molecule has 0 aliphatic carbocycles. The highest BCUT2D eigenvalue weighted by atomic mass is 35.5. The highest BCUT2D eigenvalue weighted by molar-refractivity contribution is 5.95. The summed E-state index contributed by atoms with van der Waals surface area (Å²) < 4.78 is 4.73. The summed E-state index contributed by atoms with van der Waals surface area (Å²) >= 11 is 0. The van der Waals surface area contributed by atoms with Crippen molar-refractivity contribution in [2.75, 3.05) is 31.6 Å². The van der Waals surface area contributed by atoms with Crippen LogP contribution in [-0.4, -0.2) is 49.4 Å². The minimum atomic E-state index is -0.249. The first-order valence-corrected chi connectivity index (χ1v) is 11.1. The molecule has 0 unspecified atom stereocenters. The van der Waals surface area contributed by atoms with Crippen molar-refractivity contribution in [2.24, 2.45) is 11.7 Å². The fraction of sp³-hybridized carbons (Fsp3) is 0.400. The topological polar surface area (TPSA) is 99.7 Å². The van der Waals surface area contributed by atoms with E-state index in [-0.39, 0.29) is 36.0 Å². The van der Waals surface area contributed by atoms with Gasteiger partial charge in [0.15, 0.2) is 0 Å². The molecule has 1 fully saturated rings. The molecule has 1 aliphatic rings. The van der Waals surface area contributed by atoms with Crippen molar-refractivity contribution in [2.45, 2.75) is 32.2 Å². The van der Waals surface area contributed by atoms with Crippen LogP contribution in [0, 0.1) is 11.3 Å². The van der Waals surface area contributed by atoms with Crippen LogP contribution in [0.1, 0.15) is 36.8 Å². The Bertz CT molecular complexity index is 913. The number of carbonyl (C=O) groups excluding carboxylic acids is 2. The Labute approximate surface area is 201 Å². The maximum atomic E-state index is 13.4. The highest BCUT2D eigenvalue weighted by Crippen LogP contribution is 2.26. The van der Waals surface area contributed by atoms with E-state index < -0.39 is 0 Å². The number of halogens is 1. The molecule has 1 saturated heterocycles. The van der Waals surface area contributed by atoms with Gasteiger partial charge in [0.25, 0.3) is 0 Å². The van der Waals surface area contributed by atoms with E-state index in [1.54, 1.807) is 0 Å². The van der Waals surface area contributed by atoms with Crippen LogP contribution in [0.3, 0.4) is 0 Å². The molecular weight excluding hydrogens is 440 g/mol. The molecule has 0 saturated carbocycles. The monoisotopic (exact) mass is 472 g/mol. The summed E-state index contributed by atoms with van der Waals surface area (Å²) in [6.07, 6.45) is 2.47. The van der Waals surface area contributed by atoms with Crippen molar-refractivity contribution in [3.05, 3.63) is 65.7 Å². The lowest BCUT2D eigenvalue weighted by molar-refractivity contribution is -0.142. The van der Waals surface area contributed by atoms with Gasteiger partial charge in [-0.15, -0.1) is 12.4 Å². The first-order valence-electron chi connectivity index (χ1n) is 11.1. The van der Waals surface area contributed by atoms with Gasteiger partial charge in [-0.05, 0) is 49.1 Å². The van der Waals surface area contributed by atoms with E-state index in [2.05, 4.69) is 4.90 Å². The van der Waals surface area contributed by atoms with Crippen LogP contribution in [0.4, 0.5) is 5.69 Å². The molecule has 0 atom stereocenters. The van der Waals surface area contributed by atoms with Crippen LogP contribution in [0.5, 0.6) is 0 Å². The summed E-state index contributed by atoms with van der Waals surface area (Å²) in [4.78, 5) is 29.0. The van der Waals surface area contributed by atoms with Gasteiger partial charge in [-0.25, -0.2) is 0 Å². The van der Waals surface area contributed by atoms with E-state index in [1.807, 2.05) is 59.5 Å². The van der Waals surface area contributed by atoms with Gasteiger partial charge < -0.3 is 20.3 Å². The van der Waals surface area contributed by atoms with Crippen LogP contribution in [-0.2, 0) is 20.9 Å². The number of amidine groups is 1. The number of benzene rings is 2. The van der Waals surface area contributed by atoms with Crippen molar-refractivity contribution in [3.63, 3.8) is 0 Å². The Hall–Kier alpha value is -3.06. The van der Waals surface area contributed by atoms with Gasteiger partial charge in [0.2, 0.25) is 5.91 Å². The Balaban J connectivity index is 0.00000385. The normalized spacial score (nSPS) is 13.7. The number of esters is 1. The van der Waals surface area contributed by atoms with Gasteiger partial charge in [0.1, 0.15) is 5.84 Å². The quantitative estimate of drug-likeness (QED) is 0.330. The summed E-state index contributed by atoms with van der Waals surface area (Å²) in [5.74, 6) is -0.0531. The zero-order chi connectivity index (χ0) is 22.9. The van der Waals surface area contributed by atoms with Crippen molar-refractivity contribution in [1.29, 1.82) is 5.41 Å². The summed E-state index contributed by atoms with van der Waals surface area (Å²) in [6.45, 7) is 2.69. The van der Waals surface area contributed by atoms with Gasteiger partial charge in [0, 0.05) is 49.8 Å². The van der Waals surface area contributed by atoms with E-state index in [0.717, 1.165) is 37.2 Å². The minimum Gasteiger partial charge on any atom is -0.469 e. The lowest BCUT2D eigenvalue weighted by Gasteiger charge is -2.35. The Morgan fingerprint density at radius 3 is 2.30 bits per heavy atom. The molecule has 2 aromatic carbocycles. The number of anilines is 1. The van der Waals surface area contributed by atoms with Crippen LogP contribution in [0.25, 0.3) is 0 Å². The van der Waals surface area contributed by atoms with Gasteiger partial charge in [-0.1, -0.05) is 30.3 Å². The number of nitrogen functional groups attached to an aromatic ring is 1. The van der Waals surface area contributed by atoms with E-state index in [4.69, 9.17) is 15.9 Å². The second-order valence-electron chi connectivity index (χ2n) is 8.15. The number of nitrogens with zero attached hydrogens (tertiary/aromatic N) is 2. The molecule has 1 heterocycles. The molecular formula is C25H33ClN4O3. The Morgan fingerprint density at radius 1 is 1.09 bits per heavy atom. The van der Waals surface area contributed by atoms with Crippen LogP contribution in [0.15, 0.2) is 54.6 Å². The lowest BCUT2D eigenvalue weighted by Crippen LogP contribution is -2.42. The third kappa shape index (κ3) is 7.49. The maximum absolute atomic E-state index is 13.4. The van der Waals surface area contributed by atoms with Gasteiger partial charge in [-0.2, -0.15) is 0 Å². The average Bonchev–Trinajstić information content (AvgIpc) is 2.83. The zero-order valence-electron chi connectivity index (χ0n) is 19.0. The zero-order valence-corrected chi connectivity index (χ0v) is 19.9. The smallest absolute Gasteiger partial charge is 0.305 e. The summed E-state index contributed by atoms with van der Waals surface area (Å²) in [5, 5.41) is 7.52. The van der Waals surface area contributed by atoms with Gasteiger partial charge >= 0.3 is 5.97 Å². The molecule has 178 valence electrons. The second-order valence-corrected chi connectivity index (χ2v) is 8.15. The number of ether oxygens (including phenoxy) is 1. The molecule has 0 radical (unpaired) electrons. The van der Waals surface area contributed by atoms with Crippen molar-refractivity contribution in [1.82, 2.24) is 4.90 Å². The van der Waals surface area contributed by atoms with Crippen molar-refractivity contribution in [3.8, 4) is 0 Å². The van der Waals surface area contributed by atoms with E-state index in [0.29, 0.717) is 31.5 Å². The Kier molecular flexibility index (Phi) is 10.2. The average molecular weight is 473 g/mol. The molecule has 7 nitrogen and oxygen atoms in total. The largest absolute Gasteiger partial charge is 0.469 e. The molecule has 0 aromatic heterocycles.